The van der Waals surface area contributed by atoms with E-state index in [-0.39, 0.29) is 25.7 Å². The number of hydrogen-bond donors (Lipinski definition) is 3. The first-order valence-corrected chi connectivity index (χ1v) is 45.0. The molecule has 2 unspecified atom stereocenters. The van der Waals surface area contributed by atoms with Gasteiger partial charge in [-0.2, -0.15) is 0 Å². The van der Waals surface area contributed by atoms with Crippen LogP contribution in [0.3, 0.4) is 0 Å². The van der Waals surface area contributed by atoms with Crippen molar-refractivity contribution >= 4 is 39.5 Å². The first-order valence-electron chi connectivity index (χ1n) is 42.0. The lowest BCUT2D eigenvalue weighted by Gasteiger charge is -2.21. The van der Waals surface area contributed by atoms with E-state index in [9.17, 15) is 43.2 Å². The molecule has 0 aliphatic rings. The van der Waals surface area contributed by atoms with Gasteiger partial charge in [0.25, 0.3) is 0 Å². The number of esters is 4. The molecule has 0 heterocycles. The van der Waals surface area contributed by atoms with Gasteiger partial charge in [-0.1, -0.05) is 311 Å². The summed E-state index contributed by atoms with van der Waals surface area (Å²) in [5.41, 5.74) is 0. The van der Waals surface area contributed by atoms with Gasteiger partial charge in [-0.3, -0.25) is 37.3 Å². The second kappa shape index (κ2) is 82.4. The fourth-order valence-corrected chi connectivity index (χ4v) is 11.7. The lowest BCUT2D eigenvalue weighted by molar-refractivity contribution is -0.161. The molecular formula is C93H146O17P2. The second-order valence-electron chi connectivity index (χ2n) is 26.9. The average molecular weight is 1600 g/mol. The van der Waals surface area contributed by atoms with E-state index in [4.69, 9.17) is 37.0 Å². The first kappa shape index (κ1) is 105. The summed E-state index contributed by atoms with van der Waals surface area (Å²) in [5.74, 6) is -2.50. The molecule has 0 fully saturated rings. The maximum absolute atomic E-state index is 13.1. The van der Waals surface area contributed by atoms with E-state index in [2.05, 4.69) is 192 Å². The van der Waals surface area contributed by atoms with Crippen molar-refractivity contribution in [2.24, 2.45) is 0 Å². The number of allylic oxidation sites excluding steroid dienone is 36. The third kappa shape index (κ3) is 81.4. The molecule has 0 amide bonds. The van der Waals surface area contributed by atoms with Crippen LogP contribution in [0, 0.1) is 0 Å². The van der Waals surface area contributed by atoms with Crippen molar-refractivity contribution in [2.45, 2.75) is 303 Å². The van der Waals surface area contributed by atoms with Crippen molar-refractivity contribution in [2.75, 3.05) is 39.6 Å². The Bertz CT molecular complexity index is 2990. The third-order valence-electron chi connectivity index (χ3n) is 16.4. The van der Waals surface area contributed by atoms with Crippen LogP contribution in [0.1, 0.15) is 285 Å². The van der Waals surface area contributed by atoms with E-state index < -0.39 is 97.5 Å². The minimum atomic E-state index is -5.04. The van der Waals surface area contributed by atoms with Gasteiger partial charge in [0, 0.05) is 25.7 Å². The molecule has 0 spiro atoms. The average Bonchev–Trinajstić information content (AvgIpc) is 0.898. The number of rotatable bonds is 76. The third-order valence-corrected chi connectivity index (χ3v) is 18.3. The summed E-state index contributed by atoms with van der Waals surface area (Å²) in [6.45, 7) is 4.32. The SMILES string of the molecule is CC/C=C\C/C=C\C/C=C\C/C=C\C/C=C\C/C=C\CCC(=O)OC[C@H](COP(=O)(O)OC[C@@H](O)COP(=O)(O)OC[C@@H](COC(=O)CC/C=C\C/C=C\C/C=C\C/C=C\C/C=C\CCCCC)OC(=O)CC/C=C\C/C=C\C/C=C\C/C=C\C/C=C\C/C=C\CC)OC(=O)CCCCCCC/C=C\CCCCCCCC. The lowest BCUT2D eigenvalue weighted by Crippen LogP contribution is -2.30. The van der Waals surface area contributed by atoms with Crippen molar-refractivity contribution in [1.82, 2.24) is 0 Å². The Labute approximate surface area is 677 Å². The van der Waals surface area contributed by atoms with Crippen LogP contribution in [0.4, 0.5) is 0 Å². The van der Waals surface area contributed by atoms with Crippen LogP contribution < -0.4 is 0 Å². The normalized spacial score (nSPS) is 14.9. The highest BCUT2D eigenvalue weighted by Gasteiger charge is 2.30. The Morgan fingerprint density at radius 2 is 0.482 bits per heavy atom. The van der Waals surface area contributed by atoms with E-state index >= 15 is 0 Å². The van der Waals surface area contributed by atoms with Crippen LogP contribution in [0.2, 0.25) is 0 Å². The largest absolute Gasteiger partial charge is 0.472 e. The van der Waals surface area contributed by atoms with Crippen LogP contribution in [0.25, 0.3) is 0 Å². The molecule has 630 valence electrons. The van der Waals surface area contributed by atoms with E-state index in [0.717, 1.165) is 128 Å². The monoisotopic (exact) mass is 1600 g/mol. The Morgan fingerprint density at radius 1 is 0.259 bits per heavy atom. The highest BCUT2D eigenvalue weighted by atomic mass is 31.2. The minimum absolute atomic E-state index is 0.0112. The molecular weight excluding hydrogens is 1450 g/mol. The zero-order valence-electron chi connectivity index (χ0n) is 69.0. The van der Waals surface area contributed by atoms with E-state index in [1.54, 1.807) is 0 Å². The molecule has 0 saturated carbocycles. The minimum Gasteiger partial charge on any atom is -0.462 e. The molecule has 0 bridgehead atoms. The Morgan fingerprint density at radius 3 is 0.795 bits per heavy atom. The Hall–Kier alpha value is -6.62. The van der Waals surface area contributed by atoms with Gasteiger partial charge >= 0.3 is 39.5 Å². The molecule has 0 aliphatic heterocycles. The summed E-state index contributed by atoms with van der Waals surface area (Å²) in [4.78, 5) is 73.1. The maximum Gasteiger partial charge on any atom is 0.472 e. The molecule has 17 nitrogen and oxygen atoms in total. The summed E-state index contributed by atoms with van der Waals surface area (Å²) < 4.78 is 68.5. The van der Waals surface area contributed by atoms with Crippen LogP contribution in [0.5, 0.6) is 0 Å². The van der Waals surface area contributed by atoms with Gasteiger partial charge in [0.2, 0.25) is 0 Å². The van der Waals surface area contributed by atoms with E-state index in [0.29, 0.717) is 44.9 Å². The zero-order valence-corrected chi connectivity index (χ0v) is 70.8. The van der Waals surface area contributed by atoms with E-state index in [1.165, 1.54) is 57.8 Å². The summed E-state index contributed by atoms with van der Waals surface area (Å²) in [6.07, 6.45) is 105. The Kier molecular flexibility index (Phi) is 77.5. The number of carbonyl (C=O) groups excluding carboxylic acids is 4. The standard InChI is InChI=1S/C93H146O17P2/c1-5-9-13-17-21-25-29-33-37-40-43-46-50-53-57-61-65-69-73-77-90(95)103-83-88(109-92(97)79-75-71-67-63-59-55-49-36-32-28-24-20-16-12-8-4)85-107-111(99,100)105-81-87(94)82-106-112(101,102)108-86-89(110-93(98)80-76-72-68-64-60-56-52-48-45-42-39-35-31-27-23-19-15-11-7-3)84-104-91(96)78-74-70-66-62-58-54-51-47-44-41-38-34-30-26-22-18-14-10-6-2/h9,11,13,15,21-23,25-27,33-39,43-49,53-54,56-58,60,65-66,68-70,72,87-89,94H,5-8,10,12,14,16-20,24,28-32,40-42,50-52,55,59,61-64,67,71,73-86H2,1-4H3,(H,99,100)(H,101,102)/b13-9-,15-11-,25-21-,26-22-,27-23-,37-33-,38-34-,39-35-,46-43-,47-44-,48-45-,49-36-,57-53-,58-54-,60-56-,69-65-,70-66-,72-68-/t87-,88-,89-/m1/s1. The van der Waals surface area contributed by atoms with Crippen molar-refractivity contribution in [3.63, 3.8) is 0 Å². The molecule has 3 N–H and O–H groups in total. The smallest absolute Gasteiger partial charge is 0.462 e. The quantitative estimate of drug-likeness (QED) is 0.0169. The van der Waals surface area contributed by atoms with Gasteiger partial charge in [-0.25, -0.2) is 9.13 Å². The number of aliphatic hydroxyl groups is 1. The maximum atomic E-state index is 13.1. The van der Waals surface area contributed by atoms with Gasteiger partial charge in [0.05, 0.1) is 26.4 Å². The second-order valence-corrected chi connectivity index (χ2v) is 29.8. The number of unbranched alkanes of at least 4 members (excludes halogenated alkanes) is 14. The summed E-state index contributed by atoms with van der Waals surface area (Å²) >= 11 is 0. The Balaban J connectivity index is 5.61. The number of phosphoric ester groups is 2. The zero-order chi connectivity index (χ0) is 81.7. The number of phosphoric acid groups is 2. The fraction of sp³-hybridized carbons (Fsp3) is 0.570. The molecule has 5 atom stereocenters. The summed E-state index contributed by atoms with van der Waals surface area (Å²) in [6, 6.07) is 0. The lowest BCUT2D eigenvalue weighted by atomic mass is 10.1. The van der Waals surface area contributed by atoms with Crippen molar-refractivity contribution in [1.29, 1.82) is 0 Å². The number of ether oxygens (including phenoxy) is 4. The van der Waals surface area contributed by atoms with Gasteiger partial charge in [-0.15, -0.1) is 0 Å². The predicted molar refractivity (Wildman–Crippen MR) is 463 cm³/mol. The molecule has 0 aromatic heterocycles. The molecule has 0 aliphatic carbocycles. The summed E-state index contributed by atoms with van der Waals surface area (Å²) in [7, 11) is -10.1. The topological polar surface area (TPSA) is 237 Å². The molecule has 0 radical (unpaired) electrons. The van der Waals surface area contributed by atoms with Gasteiger partial charge < -0.3 is 33.8 Å². The van der Waals surface area contributed by atoms with Crippen molar-refractivity contribution < 1.29 is 80.2 Å². The predicted octanol–water partition coefficient (Wildman–Crippen LogP) is 25.2. The van der Waals surface area contributed by atoms with Gasteiger partial charge in [-0.05, 0) is 167 Å². The molecule has 0 rings (SSSR count). The van der Waals surface area contributed by atoms with Crippen LogP contribution >= 0.6 is 15.6 Å². The number of aliphatic hydroxyl groups excluding tert-OH is 1. The van der Waals surface area contributed by atoms with Crippen LogP contribution in [-0.2, 0) is 65.4 Å². The highest BCUT2D eigenvalue weighted by molar-refractivity contribution is 7.47. The van der Waals surface area contributed by atoms with Crippen LogP contribution in [0.15, 0.2) is 219 Å². The number of hydrogen-bond acceptors (Lipinski definition) is 15. The molecule has 0 saturated heterocycles. The molecule has 19 heteroatoms. The van der Waals surface area contributed by atoms with E-state index in [1.807, 2.05) is 54.7 Å². The van der Waals surface area contributed by atoms with Gasteiger partial charge in [0.1, 0.15) is 19.3 Å². The van der Waals surface area contributed by atoms with Crippen molar-refractivity contribution in [3.05, 3.63) is 219 Å². The molecule has 0 aromatic carbocycles. The molecule has 0 aromatic rings. The number of carbonyl (C=O) groups is 4. The van der Waals surface area contributed by atoms with Crippen LogP contribution in [-0.4, -0.2) is 96.7 Å². The highest BCUT2D eigenvalue weighted by Crippen LogP contribution is 2.45. The van der Waals surface area contributed by atoms with Crippen molar-refractivity contribution in [3.8, 4) is 0 Å². The summed E-state index contributed by atoms with van der Waals surface area (Å²) in [5, 5.41) is 10.7. The molecule has 112 heavy (non-hydrogen) atoms. The fourth-order valence-electron chi connectivity index (χ4n) is 10.1. The van der Waals surface area contributed by atoms with Gasteiger partial charge in [0.15, 0.2) is 12.2 Å². The first-order chi connectivity index (χ1) is 54.7.